The van der Waals surface area contributed by atoms with Crippen LogP contribution < -0.4 is 0 Å². The van der Waals surface area contributed by atoms with Gasteiger partial charge in [-0.15, -0.1) is 5.73 Å². The molecule has 0 spiro atoms. The van der Waals surface area contributed by atoms with E-state index in [0.29, 0.717) is 0 Å². The number of hydrogen-bond donors (Lipinski definition) is 0. The van der Waals surface area contributed by atoms with E-state index in [4.69, 9.17) is 0 Å². The molecule has 0 saturated heterocycles. The lowest BCUT2D eigenvalue weighted by atomic mass is 10.2. The van der Waals surface area contributed by atoms with Gasteiger partial charge in [0.05, 0.1) is 0 Å². The molecule has 0 nitrogen and oxygen atoms in total. The zero-order chi connectivity index (χ0) is 10.8. The fourth-order valence-electron chi connectivity index (χ4n) is 1.24. The van der Waals surface area contributed by atoms with Crippen molar-refractivity contribution in [2.75, 3.05) is 0 Å². The molecule has 0 bridgehead atoms. The smallest absolute Gasteiger partial charge is 0.0203 e. The van der Waals surface area contributed by atoms with Gasteiger partial charge in [0.1, 0.15) is 0 Å². The lowest BCUT2D eigenvalue weighted by molar-refractivity contribution is 0.815. The highest BCUT2D eigenvalue weighted by Gasteiger charge is 1.79. The standard InChI is InChI=1S/C15H18/c1-2-3-4-5-6-7-9-12-15-13-10-8-11-14-15/h5,7-14H,2-4H2,1H3/b12-9+. The van der Waals surface area contributed by atoms with Crippen molar-refractivity contribution in [2.24, 2.45) is 0 Å². The molecule has 0 radical (unpaired) electrons. The zero-order valence-electron chi connectivity index (χ0n) is 9.32. The minimum absolute atomic E-state index is 1.13. The van der Waals surface area contributed by atoms with Gasteiger partial charge in [-0.3, -0.25) is 0 Å². The second-order valence-corrected chi connectivity index (χ2v) is 3.45. The second kappa shape index (κ2) is 7.84. The molecule has 0 heteroatoms. The summed E-state index contributed by atoms with van der Waals surface area (Å²) in [5.41, 5.74) is 4.38. The van der Waals surface area contributed by atoms with Crippen LogP contribution in [0.4, 0.5) is 0 Å². The first kappa shape index (κ1) is 11.6. The average molecular weight is 198 g/mol. The van der Waals surface area contributed by atoms with Crippen molar-refractivity contribution in [1.82, 2.24) is 0 Å². The number of hydrogen-bond acceptors (Lipinski definition) is 0. The molecule has 0 atom stereocenters. The molecule has 0 unspecified atom stereocenters. The minimum atomic E-state index is 1.13. The normalized spacial score (nSPS) is 9.93. The quantitative estimate of drug-likeness (QED) is 0.368. The largest absolute Gasteiger partial charge is 0.125 e. The van der Waals surface area contributed by atoms with Gasteiger partial charge in [0, 0.05) is 0 Å². The van der Waals surface area contributed by atoms with Crippen LogP contribution in [0.5, 0.6) is 0 Å². The fraction of sp³-hybridized carbons (Fsp3) is 0.267. The number of unbranched alkanes of at least 4 members (excludes halogenated alkanes) is 2. The highest BCUT2D eigenvalue weighted by Crippen LogP contribution is 2.00. The van der Waals surface area contributed by atoms with Crippen LogP contribution in [0.25, 0.3) is 6.08 Å². The van der Waals surface area contributed by atoms with E-state index in [9.17, 15) is 0 Å². The van der Waals surface area contributed by atoms with Crippen molar-refractivity contribution in [3.05, 3.63) is 59.9 Å². The summed E-state index contributed by atoms with van der Waals surface area (Å²) in [4.78, 5) is 0. The van der Waals surface area contributed by atoms with Crippen molar-refractivity contribution in [1.29, 1.82) is 0 Å². The molecule has 0 fully saturated rings. The van der Waals surface area contributed by atoms with E-state index in [-0.39, 0.29) is 0 Å². The van der Waals surface area contributed by atoms with Crippen molar-refractivity contribution in [3.63, 3.8) is 0 Å². The number of allylic oxidation sites excluding steroid dienone is 2. The van der Waals surface area contributed by atoms with Crippen LogP contribution >= 0.6 is 0 Å². The maximum absolute atomic E-state index is 3.15. The van der Waals surface area contributed by atoms with Crippen LogP contribution in [0.2, 0.25) is 0 Å². The van der Waals surface area contributed by atoms with E-state index in [1.165, 1.54) is 18.4 Å². The Hall–Kier alpha value is -1.52. The molecular formula is C15H18. The lowest BCUT2D eigenvalue weighted by Crippen LogP contribution is -1.66. The maximum atomic E-state index is 3.15. The molecule has 0 N–H and O–H groups in total. The first-order valence-corrected chi connectivity index (χ1v) is 5.56. The topological polar surface area (TPSA) is 0 Å². The highest BCUT2D eigenvalue weighted by atomic mass is 13.8. The van der Waals surface area contributed by atoms with Crippen LogP contribution in [-0.4, -0.2) is 0 Å². The molecule has 0 heterocycles. The summed E-state index contributed by atoms with van der Waals surface area (Å²) in [6.07, 6.45) is 11.8. The van der Waals surface area contributed by atoms with Gasteiger partial charge in [0.25, 0.3) is 0 Å². The fourth-order valence-corrected chi connectivity index (χ4v) is 1.24. The summed E-state index contributed by atoms with van der Waals surface area (Å²) >= 11 is 0. The van der Waals surface area contributed by atoms with Crippen LogP contribution in [0, 0.1) is 0 Å². The van der Waals surface area contributed by atoms with Gasteiger partial charge in [-0.1, -0.05) is 55.8 Å². The first-order valence-electron chi connectivity index (χ1n) is 5.56. The highest BCUT2D eigenvalue weighted by molar-refractivity contribution is 5.50. The molecule has 15 heavy (non-hydrogen) atoms. The molecule has 0 aromatic heterocycles. The molecule has 0 saturated carbocycles. The maximum Gasteiger partial charge on any atom is -0.0203 e. The molecule has 1 aromatic rings. The van der Waals surface area contributed by atoms with Gasteiger partial charge >= 0.3 is 0 Å². The summed E-state index contributed by atoms with van der Waals surface area (Å²) in [6, 6.07) is 10.3. The summed E-state index contributed by atoms with van der Waals surface area (Å²) in [5, 5.41) is 0. The average Bonchev–Trinajstić information content (AvgIpc) is 2.29. The molecule has 1 aromatic carbocycles. The monoisotopic (exact) mass is 198 g/mol. The summed E-state index contributed by atoms with van der Waals surface area (Å²) in [5.74, 6) is 0. The minimum Gasteiger partial charge on any atom is -0.125 e. The van der Waals surface area contributed by atoms with Crippen LogP contribution in [0.1, 0.15) is 31.7 Å². The van der Waals surface area contributed by atoms with Crippen molar-refractivity contribution in [2.45, 2.75) is 26.2 Å². The predicted molar refractivity (Wildman–Crippen MR) is 67.7 cm³/mol. The summed E-state index contributed by atoms with van der Waals surface area (Å²) < 4.78 is 0. The van der Waals surface area contributed by atoms with Gasteiger partial charge in [0.2, 0.25) is 0 Å². The van der Waals surface area contributed by atoms with Gasteiger partial charge in [0.15, 0.2) is 0 Å². The first-order chi connectivity index (χ1) is 7.43. The van der Waals surface area contributed by atoms with Crippen LogP contribution in [0.15, 0.2) is 54.3 Å². The van der Waals surface area contributed by atoms with Crippen LogP contribution in [-0.2, 0) is 0 Å². The van der Waals surface area contributed by atoms with Gasteiger partial charge in [-0.2, -0.15) is 0 Å². The van der Waals surface area contributed by atoms with Crippen molar-refractivity contribution in [3.8, 4) is 0 Å². The third-order valence-corrected chi connectivity index (χ3v) is 2.10. The van der Waals surface area contributed by atoms with E-state index in [0.717, 1.165) is 6.42 Å². The third-order valence-electron chi connectivity index (χ3n) is 2.10. The van der Waals surface area contributed by atoms with E-state index < -0.39 is 0 Å². The molecule has 0 aliphatic rings. The van der Waals surface area contributed by atoms with Crippen molar-refractivity contribution >= 4 is 6.08 Å². The summed E-state index contributed by atoms with van der Waals surface area (Å²) in [6.45, 7) is 2.20. The van der Waals surface area contributed by atoms with E-state index >= 15 is 0 Å². The molecule has 78 valence electrons. The zero-order valence-corrected chi connectivity index (χ0v) is 9.32. The van der Waals surface area contributed by atoms with Gasteiger partial charge < -0.3 is 0 Å². The number of rotatable bonds is 5. The molecular weight excluding hydrogens is 180 g/mol. The van der Waals surface area contributed by atoms with E-state index in [1.807, 2.05) is 30.4 Å². The van der Waals surface area contributed by atoms with E-state index in [1.54, 1.807) is 0 Å². The number of benzene rings is 1. The van der Waals surface area contributed by atoms with Gasteiger partial charge in [-0.05, 0) is 30.6 Å². The van der Waals surface area contributed by atoms with Crippen LogP contribution in [0.3, 0.4) is 0 Å². The third kappa shape index (κ3) is 5.72. The Kier molecular flexibility index (Phi) is 6.04. The Balaban J connectivity index is 2.36. The Morgan fingerprint density at radius 1 is 1.20 bits per heavy atom. The van der Waals surface area contributed by atoms with E-state index in [2.05, 4.69) is 36.9 Å². The molecule has 1 rings (SSSR count). The Morgan fingerprint density at radius 3 is 2.73 bits per heavy atom. The summed E-state index contributed by atoms with van der Waals surface area (Å²) in [7, 11) is 0. The SMILES string of the molecule is CCCCC=C=C/C=C/c1ccccc1. The lowest BCUT2D eigenvalue weighted by Gasteiger charge is -1.87. The Morgan fingerprint density at radius 2 is 2.00 bits per heavy atom. The van der Waals surface area contributed by atoms with Crippen molar-refractivity contribution < 1.29 is 0 Å². The molecule has 0 aliphatic heterocycles. The Bertz CT molecular complexity index is 338. The second-order valence-electron chi connectivity index (χ2n) is 3.45. The predicted octanol–water partition coefficient (Wildman–Crippen LogP) is 4.60. The molecule has 0 aliphatic carbocycles. The van der Waals surface area contributed by atoms with Gasteiger partial charge in [-0.25, -0.2) is 0 Å². The molecule has 0 amide bonds. The Labute approximate surface area is 92.6 Å².